The molecule has 2 rings (SSSR count). The predicted molar refractivity (Wildman–Crippen MR) is 45.7 cm³/mol. The average molecular weight is 166 g/mol. The van der Waals surface area contributed by atoms with Gasteiger partial charge in [-0.15, -0.1) is 0 Å². The maximum Gasteiger partial charge on any atom is 0.137 e. The van der Waals surface area contributed by atoms with Crippen LogP contribution in [0.5, 0.6) is 0 Å². The highest BCUT2D eigenvalue weighted by Crippen LogP contribution is 2.18. The summed E-state index contributed by atoms with van der Waals surface area (Å²) in [7, 11) is 0. The number of hydrogen-bond donors (Lipinski definition) is 1. The van der Waals surface area contributed by atoms with Crippen molar-refractivity contribution < 1.29 is 0 Å². The molecule has 1 saturated heterocycles. The van der Waals surface area contributed by atoms with Crippen LogP contribution in [0.2, 0.25) is 0 Å². The Balaban J connectivity index is 2.04. The van der Waals surface area contributed by atoms with Crippen molar-refractivity contribution in [1.29, 1.82) is 0 Å². The van der Waals surface area contributed by atoms with Crippen molar-refractivity contribution in [3.63, 3.8) is 0 Å². The quantitative estimate of drug-likeness (QED) is 0.658. The van der Waals surface area contributed by atoms with Gasteiger partial charge in [0.1, 0.15) is 12.7 Å². The fourth-order valence-electron chi connectivity index (χ4n) is 1.73. The van der Waals surface area contributed by atoms with Crippen molar-refractivity contribution in [3.05, 3.63) is 12.7 Å². The molecule has 1 N–H and O–H groups in total. The Morgan fingerprint density at radius 2 is 2.42 bits per heavy atom. The molecule has 0 amide bonds. The first-order valence-electron chi connectivity index (χ1n) is 4.41. The Hall–Kier alpha value is -0.900. The van der Waals surface area contributed by atoms with Gasteiger partial charge in [-0.2, -0.15) is 5.10 Å². The topological polar surface area (TPSA) is 42.7 Å². The van der Waals surface area contributed by atoms with E-state index in [0.29, 0.717) is 6.04 Å². The lowest BCUT2D eigenvalue weighted by Gasteiger charge is -2.27. The first-order valence-corrected chi connectivity index (χ1v) is 4.41. The van der Waals surface area contributed by atoms with Crippen molar-refractivity contribution in [1.82, 2.24) is 20.1 Å². The van der Waals surface area contributed by atoms with E-state index in [1.54, 1.807) is 12.7 Å². The molecule has 1 aliphatic rings. The monoisotopic (exact) mass is 166 g/mol. The Morgan fingerprint density at radius 3 is 3.08 bits per heavy atom. The first-order chi connectivity index (χ1) is 5.86. The maximum absolute atomic E-state index is 4.14. The summed E-state index contributed by atoms with van der Waals surface area (Å²) in [5.74, 6) is 0.743. The van der Waals surface area contributed by atoms with Crippen LogP contribution in [-0.2, 0) is 0 Å². The van der Waals surface area contributed by atoms with Gasteiger partial charge >= 0.3 is 0 Å². The molecule has 2 atom stereocenters. The van der Waals surface area contributed by atoms with Crippen LogP contribution < -0.4 is 5.32 Å². The molecule has 4 nitrogen and oxygen atoms in total. The first kappa shape index (κ1) is 7.73. The van der Waals surface area contributed by atoms with Crippen molar-refractivity contribution in [2.75, 3.05) is 13.1 Å². The van der Waals surface area contributed by atoms with Gasteiger partial charge in [-0.25, -0.2) is 9.67 Å². The molecule has 12 heavy (non-hydrogen) atoms. The van der Waals surface area contributed by atoms with E-state index in [2.05, 4.69) is 22.3 Å². The highest BCUT2D eigenvalue weighted by molar-refractivity contribution is 4.78. The Labute approximate surface area is 72.0 Å². The van der Waals surface area contributed by atoms with Gasteiger partial charge in [0, 0.05) is 6.54 Å². The molecule has 1 aromatic rings. The molecule has 0 radical (unpaired) electrons. The minimum absolute atomic E-state index is 0.497. The Kier molecular flexibility index (Phi) is 2.08. The molecule has 0 aromatic carbocycles. The second-order valence-electron chi connectivity index (χ2n) is 3.53. The highest BCUT2D eigenvalue weighted by atomic mass is 15.3. The van der Waals surface area contributed by atoms with Crippen LogP contribution in [0, 0.1) is 5.92 Å². The van der Waals surface area contributed by atoms with Crippen LogP contribution in [-0.4, -0.2) is 27.9 Å². The number of nitrogens with one attached hydrogen (secondary N) is 1. The smallest absolute Gasteiger partial charge is 0.137 e. The van der Waals surface area contributed by atoms with Gasteiger partial charge in [0.05, 0.1) is 6.04 Å². The summed E-state index contributed by atoms with van der Waals surface area (Å²) < 4.78 is 1.95. The molecule has 0 spiro atoms. The summed E-state index contributed by atoms with van der Waals surface area (Å²) >= 11 is 0. The minimum atomic E-state index is 0.497. The van der Waals surface area contributed by atoms with Gasteiger partial charge in [-0.3, -0.25) is 0 Å². The SMILES string of the molecule is CC1CNCC(n2cncn2)C1. The van der Waals surface area contributed by atoms with E-state index in [0.717, 1.165) is 19.0 Å². The number of hydrogen-bond acceptors (Lipinski definition) is 3. The molecule has 1 fully saturated rings. The van der Waals surface area contributed by atoms with Gasteiger partial charge in [0.2, 0.25) is 0 Å². The second kappa shape index (κ2) is 3.23. The normalized spacial score (nSPS) is 30.4. The fourth-order valence-corrected chi connectivity index (χ4v) is 1.73. The summed E-state index contributed by atoms with van der Waals surface area (Å²) in [5, 5.41) is 7.52. The molecular formula is C8H14N4. The van der Waals surface area contributed by atoms with E-state index in [9.17, 15) is 0 Å². The number of piperidine rings is 1. The van der Waals surface area contributed by atoms with Crippen LogP contribution in [0.25, 0.3) is 0 Å². The van der Waals surface area contributed by atoms with Gasteiger partial charge < -0.3 is 5.32 Å². The zero-order chi connectivity index (χ0) is 8.39. The molecule has 0 bridgehead atoms. The zero-order valence-electron chi connectivity index (χ0n) is 7.27. The lowest BCUT2D eigenvalue weighted by Crippen LogP contribution is -2.36. The van der Waals surface area contributed by atoms with Crippen LogP contribution in [0.3, 0.4) is 0 Å². The van der Waals surface area contributed by atoms with Crippen molar-refractivity contribution >= 4 is 0 Å². The largest absolute Gasteiger partial charge is 0.314 e. The van der Waals surface area contributed by atoms with Crippen LogP contribution in [0.4, 0.5) is 0 Å². The van der Waals surface area contributed by atoms with Gasteiger partial charge in [-0.1, -0.05) is 6.92 Å². The van der Waals surface area contributed by atoms with Crippen molar-refractivity contribution in [2.24, 2.45) is 5.92 Å². The number of aromatic nitrogens is 3. The number of rotatable bonds is 1. The molecule has 1 aliphatic heterocycles. The van der Waals surface area contributed by atoms with E-state index in [-0.39, 0.29) is 0 Å². The molecule has 66 valence electrons. The van der Waals surface area contributed by atoms with E-state index in [1.807, 2.05) is 4.68 Å². The van der Waals surface area contributed by atoms with Gasteiger partial charge in [0.25, 0.3) is 0 Å². The lowest BCUT2D eigenvalue weighted by molar-refractivity contribution is 0.284. The molecule has 0 saturated carbocycles. The third kappa shape index (κ3) is 1.48. The Bertz CT molecular complexity index is 231. The minimum Gasteiger partial charge on any atom is -0.314 e. The lowest BCUT2D eigenvalue weighted by atomic mass is 9.98. The average Bonchev–Trinajstić information content (AvgIpc) is 2.56. The summed E-state index contributed by atoms with van der Waals surface area (Å²) in [6, 6.07) is 0.497. The second-order valence-corrected chi connectivity index (χ2v) is 3.53. The molecule has 1 aromatic heterocycles. The predicted octanol–water partition coefficient (Wildman–Crippen LogP) is 0.449. The summed E-state index contributed by atoms with van der Waals surface area (Å²) in [6.07, 6.45) is 4.60. The zero-order valence-corrected chi connectivity index (χ0v) is 7.27. The standard InChI is InChI=1S/C8H14N4/c1-7-2-8(4-9-3-7)12-6-10-5-11-12/h5-9H,2-4H2,1H3. The van der Waals surface area contributed by atoms with E-state index >= 15 is 0 Å². The molecular weight excluding hydrogens is 152 g/mol. The summed E-state index contributed by atoms with van der Waals surface area (Å²) in [4.78, 5) is 3.95. The Morgan fingerprint density at radius 1 is 1.50 bits per heavy atom. The third-order valence-electron chi connectivity index (χ3n) is 2.36. The van der Waals surface area contributed by atoms with E-state index in [4.69, 9.17) is 0 Å². The maximum atomic E-state index is 4.14. The molecule has 4 heteroatoms. The van der Waals surface area contributed by atoms with E-state index in [1.165, 1.54) is 6.42 Å². The molecule has 2 heterocycles. The van der Waals surface area contributed by atoms with Gasteiger partial charge in [0.15, 0.2) is 0 Å². The fraction of sp³-hybridized carbons (Fsp3) is 0.750. The van der Waals surface area contributed by atoms with Crippen LogP contribution in [0.1, 0.15) is 19.4 Å². The van der Waals surface area contributed by atoms with Crippen LogP contribution >= 0.6 is 0 Å². The summed E-state index contributed by atoms with van der Waals surface area (Å²) in [6.45, 7) is 4.41. The van der Waals surface area contributed by atoms with Crippen molar-refractivity contribution in [3.8, 4) is 0 Å². The summed E-state index contributed by atoms with van der Waals surface area (Å²) in [5.41, 5.74) is 0. The van der Waals surface area contributed by atoms with Gasteiger partial charge in [-0.05, 0) is 18.9 Å². The number of nitrogens with zero attached hydrogens (tertiary/aromatic N) is 3. The molecule has 0 aliphatic carbocycles. The van der Waals surface area contributed by atoms with E-state index < -0.39 is 0 Å². The highest BCUT2D eigenvalue weighted by Gasteiger charge is 2.19. The third-order valence-corrected chi connectivity index (χ3v) is 2.36. The van der Waals surface area contributed by atoms with Crippen molar-refractivity contribution in [2.45, 2.75) is 19.4 Å². The molecule has 2 unspecified atom stereocenters. The van der Waals surface area contributed by atoms with Crippen LogP contribution in [0.15, 0.2) is 12.7 Å².